The van der Waals surface area contributed by atoms with Crippen LogP contribution in [0.5, 0.6) is 0 Å². The molecule has 3 heterocycles. The van der Waals surface area contributed by atoms with Crippen LogP contribution in [0.2, 0.25) is 0 Å². The minimum Gasteiger partial charge on any atom is -0.508 e. The van der Waals surface area contributed by atoms with E-state index in [2.05, 4.69) is 15.4 Å². The Morgan fingerprint density at radius 1 is 1.12 bits per heavy atom. The Morgan fingerprint density at radius 2 is 1.97 bits per heavy atom. The minimum atomic E-state index is -0.401. The van der Waals surface area contributed by atoms with E-state index < -0.39 is 5.91 Å². The largest absolute Gasteiger partial charge is 0.508 e. The number of benzene rings is 2. The van der Waals surface area contributed by atoms with Gasteiger partial charge < -0.3 is 16.0 Å². The van der Waals surface area contributed by atoms with Crippen LogP contribution in [-0.4, -0.2) is 31.8 Å². The second-order valence-electron chi connectivity index (χ2n) is 7.60. The summed E-state index contributed by atoms with van der Waals surface area (Å²) < 4.78 is 3.37. The molecular formula is C24H19N7O2. The van der Waals surface area contributed by atoms with Crippen LogP contribution in [0.4, 0.5) is 5.69 Å². The van der Waals surface area contributed by atoms with Gasteiger partial charge in [0.05, 0.1) is 22.4 Å². The second kappa shape index (κ2) is 8.12. The summed E-state index contributed by atoms with van der Waals surface area (Å²) in [5.41, 5.74) is 12.9. The summed E-state index contributed by atoms with van der Waals surface area (Å²) in [5.74, 6) is -0.401. The number of hydrogen-bond acceptors (Lipinski definition) is 4. The Balaban J connectivity index is 1.77. The van der Waals surface area contributed by atoms with Crippen molar-refractivity contribution < 1.29 is 9.91 Å². The number of aryl methyl sites for hydroxylation is 1. The third-order valence-corrected chi connectivity index (χ3v) is 5.46. The summed E-state index contributed by atoms with van der Waals surface area (Å²) in [6.07, 6.45) is 5.30. The molecule has 162 valence electrons. The van der Waals surface area contributed by atoms with Gasteiger partial charge in [0.25, 0.3) is 11.5 Å². The molecule has 0 unspecified atom stereocenters. The van der Waals surface area contributed by atoms with Gasteiger partial charge in [0.1, 0.15) is 0 Å². The molecule has 2 N–H and O–H groups in total. The van der Waals surface area contributed by atoms with E-state index in [-0.39, 0.29) is 12.1 Å². The summed E-state index contributed by atoms with van der Waals surface area (Å²) in [6, 6.07) is 16.3. The first-order chi connectivity index (χ1) is 16.0. The van der Waals surface area contributed by atoms with E-state index in [1.807, 2.05) is 54.6 Å². The lowest BCUT2D eigenvalue weighted by molar-refractivity contribution is -0.467. The summed E-state index contributed by atoms with van der Waals surface area (Å²) in [7, 11) is 0. The predicted molar refractivity (Wildman–Crippen MR) is 125 cm³/mol. The van der Waals surface area contributed by atoms with Crippen LogP contribution in [0.1, 0.15) is 5.56 Å². The Morgan fingerprint density at radius 3 is 2.76 bits per heavy atom. The summed E-state index contributed by atoms with van der Waals surface area (Å²) >= 11 is 0. The molecule has 33 heavy (non-hydrogen) atoms. The lowest BCUT2D eigenvalue weighted by Crippen LogP contribution is -2.66. The zero-order valence-corrected chi connectivity index (χ0v) is 17.7. The van der Waals surface area contributed by atoms with Crippen molar-refractivity contribution in [1.29, 1.82) is 0 Å². The highest BCUT2D eigenvalue weighted by Gasteiger charge is 2.14. The highest BCUT2D eigenvalue weighted by atomic mass is 16.2. The Bertz CT molecular complexity index is 1590. The van der Waals surface area contributed by atoms with E-state index in [4.69, 9.17) is 5.53 Å². The smallest absolute Gasteiger partial charge is 0.289 e. The van der Waals surface area contributed by atoms with E-state index in [1.165, 1.54) is 6.07 Å². The summed E-state index contributed by atoms with van der Waals surface area (Å²) in [5, 5.41) is 10.5. The Kier molecular flexibility index (Phi) is 4.98. The minimum absolute atomic E-state index is 0.211. The van der Waals surface area contributed by atoms with Gasteiger partial charge in [-0.25, -0.2) is 4.68 Å². The quantitative estimate of drug-likeness (QED) is 0.323. The second-order valence-corrected chi connectivity index (χ2v) is 7.60. The van der Waals surface area contributed by atoms with Crippen LogP contribution < -0.4 is 16.0 Å². The van der Waals surface area contributed by atoms with Crippen molar-refractivity contribution in [3.63, 3.8) is 0 Å². The molecule has 9 heteroatoms. The van der Waals surface area contributed by atoms with Gasteiger partial charge in [-0.3, -0.25) is 19.1 Å². The standard InChI is InChI=1S/C24H19N7O2/c1-15-3-5-18(12-21(15)29-22(32)14-27-25)31-23(33)8-4-16-13-26-20-7-6-17(11-19(20)24(16)31)30-10-2-9-28-30/h2-13,27H,14H2,1H3,(H,29,32). The van der Waals surface area contributed by atoms with Gasteiger partial charge in [0.15, 0.2) is 0 Å². The SMILES string of the molecule is Cc1ccc(-n2c(=O)ccc3cnc4ccc(-n5cccn5)cc4c32)cc1NC(=O)C[NH+]=[N-]. The topological polar surface area (TPSA) is 118 Å². The molecular weight excluding hydrogens is 418 g/mol. The van der Waals surface area contributed by atoms with Crippen LogP contribution in [0.3, 0.4) is 0 Å². The number of aromatic nitrogens is 4. The van der Waals surface area contributed by atoms with Crippen molar-refractivity contribution in [3.05, 3.63) is 94.6 Å². The van der Waals surface area contributed by atoms with Gasteiger partial charge >= 0.3 is 0 Å². The first-order valence-electron chi connectivity index (χ1n) is 10.3. The molecule has 0 aliphatic carbocycles. The number of rotatable bonds is 5. The highest BCUT2D eigenvalue weighted by Crippen LogP contribution is 2.28. The fourth-order valence-corrected chi connectivity index (χ4v) is 3.87. The maximum absolute atomic E-state index is 13.1. The molecule has 5 aromatic rings. The number of pyridine rings is 2. The van der Waals surface area contributed by atoms with Gasteiger partial charge in [0, 0.05) is 41.1 Å². The molecule has 0 aliphatic rings. The molecule has 0 radical (unpaired) electrons. The van der Waals surface area contributed by atoms with Crippen LogP contribution in [0.25, 0.3) is 38.7 Å². The third-order valence-electron chi connectivity index (χ3n) is 5.46. The van der Waals surface area contributed by atoms with Crippen molar-refractivity contribution >= 4 is 33.4 Å². The van der Waals surface area contributed by atoms with Crippen molar-refractivity contribution in [2.24, 2.45) is 0 Å². The third kappa shape index (κ3) is 3.65. The number of carbonyl (C=O) groups is 1. The van der Waals surface area contributed by atoms with Crippen LogP contribution in [0, 0.1) is 6.92 Å². The van der Waals surface area contributed by atoms with Crippen molar-refractivity contribution in [2.75, 3.05) is 11.9 Å². The Labute approximate surface area is 187 Å². The van der Waals surface area contributed by atoms with Gasteiger partial charge in [-0.15, -0.1) is 0 Å². The summed E-state index contributed by atoms with van der Waals surface area (Å²) in [6.45, 7) is 1.61. The molecule has 1 amide bonds. The predicted octanol–water partition coefficient (Wildman–Crippen LogP) is 2.07. The van der Waals surface area contributed by atoms with Crippen molar-refractivity contribution in [3.8, 4) is 11.4 Å². The summed E-state index contributed by atoms with van der Waals surface area (Å²) in [4.78, 5) is 29.7. The molecule has 0 bridgehead atoms. The lowest BCUT2D eigenvalue weighted by Gasteiger charge is -2.15. The monoisotopic (exact) mass is 437 g/mol. The van der Waals surface area contributed by atoms with Crippen LogP contribution >= 0.6 is 0 Å². The van der Waals surface area contributed by atoms with Crippen LogP contribution in [-0.2, 0) is 4.79 Å². The molecule has 0 fully saturated rings. The van der Waals surface area contributed by atoms with Gasteiger partial charge in [-0.05, 0) is 55.0 Å². The Hall–Kier alpha value is -4.66. The van der Waals surface area contributed by atoms with Gasteiger partial charge in [-0.1, -0.05) is 6.07 Å². The number of fused-ring (bicyclic) bond motifs is 3. The number of nitrogens with zero attached hydrogens (tertiary/aromatic N) is 5. The fourth-order valence-electron chi connectivity index (χ4n) is 3.87. The van der Waals surface area contributed by atoms with Crippen molar-refractivity contribution in [2.45, 2.75) is 6.92 Å². The number of carbonyl (C=O) groups excluding carboxylic acids is 1. The average molecular weight is 437 g/mol. The molecule has 3 aromatic heterocycles. The molecule has 0 spiro atoms. The molecule has 0 saturated heterocycles. The van der Waals surface area contributed by atoms with Crippen molar-refractivity contribution in [1.82, 2.24) is 19.3 Å². The average Bonchev–Trinajstić information content (AvgIpc) is 3.35. The van der Waals surface area contributed by atoms with Gasteiger partial charge in [0.2, 0.25) is 6.54 Å². The highest BCUT2D eigenvalue weighted by molar-refractivity contribution is 6.04. The lowest BCUT2D eigenvalue weighted by atomic mass is 10.1. The molecule has 2 aromatic carbocycles. The number of anilines is 1. The van der Waals surface area contributed by atoms with E-state index in [0.29, 0.717) is 16.9 Å². The van der Waals surface area contributed by atoms with E-state index in [9.17, 15) is 9.59 Å². The molecule has 9 nitrogen and oxygen atoms in total. The normalized spacial score (nSPS) is 11.1. The molecule has 0 atom stereocenters. The number of amides is 1. The number of nitrogens with one attached hydrogen (secondary N) is 2. The molecule has 0 aliphatic heterocycles. The number of hydrogen-bond donors (Lipinski definition) is 2. The zero-order valence-electron chi connectivity index (χ0n) is 17.7. The van der Waals surface area contributed by atoms with E-state index in [1.54, 1.807) is 33.8 Å². The van der Waals surface area contributed by atoms with E-state index >= 15 is 0 Å². The van der Waals surface area contributed by atoms with Crippen LogP contribution in [0.15, 0.2) is 78.0 Å². The molecule has 0 saturated carbocycles. The molecule has 5 rings (SSSR count). The first-order valence-corrected chi connectivity index (χ1v) is 10.3. The fraction of sp³-hybridized carbons (Fsp3) is 0.0833. The van der Waals surface area contributed by atoms with Gasteiger partial charge in [-0.2, -0.15) is 5.10 Å². The maximum Gasteiger partial charge on any atom is 0.289 e. The zero-order chi connectivity index (χ0) is 22.9. The maximum atomic E-state index is 13.1. The first kappa shape index (κ1) is 20.3. The van der Waals surface area contributed by atoms with E-state index in [0.717, 1.165) is 27.5 Å².